The maximum absolute atomic E-state index is 10.5. The van der Waals surface area contributed by atoms with Gasteiger partial charge < -0.3 is 5.32 Å². The zero-order valence-corrected chi connectivity index (χ0v) is 7.82. The van der Waals surface area contributed by atoms with Crippen LogP contribution in [0.5, 0.6) is 0 Å². The van der Waals surface area contributed by atoms with Crippen LogP contribution in [-0.2, 0) is 0 Å². The molecule has 1 amide bonds. The molecule has 11 heavy (non-hydrogen) atoms. The molecule has 0 aliphatic carbocycles. The van der Waals surface area contributed by atoms with Gasteiger partial charge in [-0.1, -0.05) is 17.7 Å². The molecule has 1 rings (SSSR count). The van der Waals surface area contributed by atoms with Crippen LogP contribution in [0.4, 0.5) is 10.5 Å². The summed E-state index contributed by atoms with van der Waals surface area (Å²) in [5, 5.41) is 3.14. The molecule has 2 nitrogen and oxygen atoms in total. The van der Waals surface area contributed by atoms with Crippen molar-refractivity contribution in [3.63, 3.8) is 0 Å². The van der Waals surface area contributed by atoms with Gasteiger partial charge in [0.15, 0.2) is 0 Å². The topological polar surface area (TPSA) is 29.1 Å². The van der Waals surface area contributed by atoms with E-state index in [0.29, 0.717) is 10.7 Å². The van der Waals surface area contributed by atoms with Gasteiger partial charge in [-0.05, 0) is 18.2 Å². The average molecular weight is 234 g/mol. The van der Waals surface area contributed by atoms with Gasteiger partial charge >= 0.3 is 0 Å². The normalized spacial score (nSPS) is 9.27. The zero-order valence-electron chi connectivity index (χ0n) is 5.47. The van der Waals surface area contributed by atoms with Crippen LogP contribution in [0.1, 0.15) is 0 Å². The second-order valence-corrected chi connectivity index (χ2v) is 3.07. The molecule has 0 unspecified atom stereocenters. The smallest absolute Gasteiger partial charge is 0.291 e. The lowest BCUT2D eigenvalue weighted by molar-refractivity contribution is 0.270. The molecule has 4 heteroatoms. The summed E-state index contributed by atoms with van der Waals surface area (Å²) in [6.07, 6.45) is 0. The van der Waals surface area contributed by atoms with Crippen molar-refractivity contribution in [2.45, 2.75) is 0 Å². The van der Waals surface area contributed by atoms with Crippen LogP contribution < -0.4 is 5.32 Å². The Morgan fingerprint density at radius 3 is 2.82 bits per heavy atom. The number of carbonyl (C=O) groups is 1. The van der Waals surface area contributed by atoms with Crippen molar-refractivity contribution in [3.05, 3.63) is 29.3 Å². The van der Waals surface area contributed by atoms with Gasteiger partial charge in [-0.25, -0.2) is 0 Å². The molecule has 0 fully saturated rings. The number of amides is 1. The van der Waals surface area contributed by atoms with Crippen LogP contribution in [0.2, 0.25) is 5.02 Å². The van der Waals surface area contributed by atoms with Gasteiger partial charge in [0.1, 0.15) is 0 Å². The van der Waals surface area contributed by atoms with Crippen molar-refractivity contribution in [1.29, 1.82) is 0 Å². The first-order valence-electron chi connectivity index (χ1n) is 2.90. The number of anilines is 1. The number of benzene rings is 1. The van der Waals surface area contributed by atoms with Crippen LogP contribution in [-0.4, -0.2) is 4.82 Å². The van der Waals surface area contributed by atoms with E-state index in [2.05, 4.69) is 21.2 Å². The quantitative estimate of drug-likeness (QED) is 0.586. The van der Waals surface area contributed by atoms with Gasteiger partial charge in [0, 0.05) is 26.6 Å². The lowest BCUT2D eigenvalue weighted by Crippen LogP contribution is -1.99. The Bertz CT molecular complexity index is 277. The standard InChI is InChI=1S/C7H5BrClNO/c8-7(11)10-6-3-1-2-5(9)4-6/h1-4H,(H,10,11). The molecule has 0 saturated heterocycles. The summed E-state index contributed by atoms with van der Waals surface area (Å²) in [7, 11) is 0. The number of nitrogens with one attached hydrogen (secondary N) is 1. The number of halogens is 2. The first-order valence-corrected chi connectivity index (χ1v) is 4.07. The van der Waals surface area contributed by atoms with Crippen LogP contribution >= 0.6 is 27.5 Å². The van der Waals surface area contributed by atoms with Gasteiger partial charge in [-0.2, -0.15) is 0 Å². The van der Waals surface area contributed by atoms with Crippen LogP contribution in [0.25, 0.3) is 0 Å². The predicted octanol–water partition coefficient (Wildman–Crippen LogP) is 3.27. The third-order valence-electron chi connectivity index (χ3n) is 1.07. The second kappa shape index (κ2) is 3.74. The van der Waals surface area contributed by atoms with Crippen LogP contribution in [0.15, 0.2) is 24.3 Å². The largest absolute Gasteiger partial charge is 0.316 e. The van der Waals surface area contributed by atoms with Crippen molar-refractivity contribution in [1.82, 2.24) is 0 Å². The molecule has 0 aromatic heterocycles. The Morgan fingerprint density at radius 1 is 1.55 bits per heavy atom. The van der Waals surface area contributed by atoms with Gasteiger partial charge in [0.25, 0.3) is 4.82 Å². The molecule has 0 bridgehead atoms. The van der Waals surface area contributed by atoms with Gasteiger partial charge in [-0.15, -0.1) is 0 Å². The minimum Gasteiger partial charge on any atom is -0.316 e. The summed E-state index contributed by atoms with van der Waals surface area (Å²) in [6.45, 7) is 0. The third kappa shape index (κ3) is 2.91. The minimum absolute atomic E-state index is 0.278. The Labute approximate surface area is 77.7 Å². The first kappa shape index (κ1) is 8.56. The number of hydrogen-bond donors (Lipinski definition) is 1. The fourth-order valence-corrected chi connectivity index (χ4v) is 1.10. The third-order valence-corrected chi connectivity index (χ3v) is 1.50. The van der Waals surface area contributed by atoms with Gasteiger partial charge in [0.05, 0.1) is 0 Å². The van der Waals surface area contributed by atoms with E-state index in [1.54, 1.807) is 24.3 Å². The fourth-order valence-electron chi connectivity index (χ4n) is 0.680. The van der Waals surface area contributed by atoms with Crippen molar-refractivity contribution in [2.24, 2.45) is 0 Å². The SMILES string of the molecule is O=C(Br)Nc1cccc(Cl)c1. The Kier molecular flexibility index (Phi) is 2.91. The lowest BCUT2D eigenvalue weighted by atomic mass is 10.3. The zero-order chi connectivity index (χ0) is 8.27. The molecule has 1 aromatic carbocycles. The van der Waals surface area contributed by atoms with Gasteiger partial charge in [0.2, 0.25) is 0 Å². The highest BCUT2D eigenvalue weighted by Gasteiger charge is 1.95. The monoisotopic (exact) mass is 233 g/mol. The van der Waals surface area contributed by atoms with Crippen LogP contribution in [0.3, 0.4) is 0 Å². The summed E-state index contributed by atoms with van der Waals surface area (Å²) in [6, 6.07) is 6.93. The van der Waals surface area contributed by atoms with Gasteiger partial charge in [-0.3, -0.25) is 4.79 Å². The molecule has 58 valence electrons. The molecule has 0 aliphatic heterocycles. The number of hydrogen-bond acceptors (Lipinski definition) is 1. The van der Waals surface area contributed by atoms with E-state index >= 15 is 0 Å². The maximum Gasteiger partial charge on any atom is 0.291 e. The fraction of sp³-hybridized carbons (Fsp3) is 0. The molecular weight excluding hydrogens is 229 g/mol. The molecule has 0 radical (unpaired) electrons. The summed E-state index contributed by atoms with van der Waals surface area (Å²) < 4.78 is 0. The lowest BCUT2D eigenvalue weighted by Gasteiger charge is -1.99. The molecule has 0 saturated carbocycles. The Hall–Kier alpha value is -0.540. The van der Waals surface area contributed by atoms with Crippen molar-refractivity contribution < 1.29 is 4.79 Å². The minimum atomic E-state index is -0.278. The van der Waals surface area contributed by atoms with E-state index in [9.17, 15) is 4.79 Å². The Balaban J connectivity index is 2.79. The average Bonchev–Trinajstić information content (AvgIpc) is 1.85. The van der Waals surface area contributed by atoms with Crippen LogP contribution in [0, 0.1) is 0 Å². The summed E-state index contributed by atoms with van der Waals surface area (Å²) in [5.41, 5.74) is 0.680. The van der Waals surface area contributed by atoms with E-state index in [1.807, 2.05) is 0 Å². The molecular formula is C7H5BrClNO. The van der Waals surface area contributed by atoms with E-state index in [0.717, 1.165) is 0 Å². The van der Waals surface area contributed by atoms with Crippen molar-refractivity contribution >= 4 is 38.0 Å². The van der Waals surface area contributed by atoms with E-state index in [1.165, 1.54) is 0 Å². The predicted molar refractivity (Wildman–Crippen MR) is 49.4 cm³/mol. The van der Waals surface area contributed by atoms with Crippen molar-refractivity contribution in [2.75, 3.05) is 5.32 Å². The summed E-state index contributed by atoms with van der Waals surface area (Å²) in [4.78, 5) is 10.2. The molecule has 0 aliphatic rings. The number of carbonyl (C=O) groups excluding carboxylic acids is 1. The molecule has 1 N–H and O–H groups in total. The number of rotatable bonds is 1. The molecule has 1 aromatic rings. The van der Waals surface area contributed by atoms with E-state index in [-0.39, 0.29) is 4.82 Å². The Morgan fingerprint density at radius 2 is 2.27 bits per heavy atom. The summed E-state index contributed by atoms with van der Waals surface area (Å²) in [5.74, 6) is 0. The molecule has 0 heterocycles. The maximum atomic E-state index is 10.5. The van der Waals surface area contributed by atoms with E-state index in [4.69, 9.17) is 11.6 Å². The first-order chi connectivity index (χ1) is 5.18. The van der Waals surface area contributed by atoms with E-state index < -0.39 is 0 Å². The van der Waals surface area contributed by atoms with Crippen molar-refractivity contribution in [3.8, 4) is 0 Å². The highest BCUT2D eigenvalue weighted by atomic mass is 79.9. The second-order valence-electron chi connectivity index (χ2n) is 1.91. The highest BCUT2D eigenvalue weighted by molar-refractivity contribution is 9.18. The summed E-state index contributed by atoms with van der Waals surface area (Å²) >= 11 is 8.40. The molecule has 0 atom stereocenters. The molecule has 0 spiro atoms. The highest BCUT2D eigenvalue weighted by Crippen LogP contribution is 2.15.